The van der Waals surface area contributed by atoms with E-state index in [9.17, 15) is 14.1 Å². The fourth-order valence-corrected chi connectivity index (χ4v) is 4.38. The van der Waals surface area contributed by atoms with E-state index in [4.69, 9.17) is 4.74 Å². The number of hydrogen-bond acceptors (Lipinski definition) is 3. The van der Waals surface area contributed by atoms with Crippen molar-refractivity contribution in [1.82, 2.24) is 0 Å². The first-order chi connectivity index (χ1) is 15.3. The lowest BCUT2D eigenvalue weighted by atomic mass is 9.95. The molecule has 0 saturated heterocycles. The molecule has 4 aromatic carbocycles. The number of carbonyl (C=O) groups is 1. The van der Waals surface area contributed by atoms with Crippen molar-refractivity contribution < 1.29 is 18.8 Å². The third kappa shape index (κ3) is 4.43. The molecule has 0 aliphatic rings. The Morgan fingerprint density at radius 1 is 0.938 bits per heavy atom. The quantitative estimate of drug-likeness (QED) is 0.388. The van der Waals surface area contributed by atoms with Crippen LogP contribution in [0.5, 0.6) is 5.75 Å². The van der Waals surface area contributed by atoms with Crippen LogP contribution in [-0.2, 0) is 17.4 Å². The Bertz CT molecular complexity index is 1320. The van der Waals surface area contributed by atoms with Crippen LogP contribution in [-0.4, -0.2) is 21.5 Å². The van der Waals surface area contributed by atoms with Crippen LogP contribution in [0.4, 0.5) is 0 Å². The summed E-state index contributed by atoms with van der Waals surface area (Å²) in [6, 6.07) is 22.6. The Morgan fingerprint density at radius 3 is 2.25 bits per heavy atom. The fourth-order valence-electron chi connectivity index (χ4n) is 3.86. The Balaban J connectivity index is 1.74. The first-order valence-electron chi connectivity index (χ1n) is 10.3. The van der Waals surface area contributed by atoms with Gasteiger partial charge in [-0.1, -0.05) is 36.4 Å². The molecule has 1 N–H and O–H groups in total. The molecular weight excluding hydrogens is 420 g/mol. The summed E-state index contributed by atoms with van der Waals surface area (Å²) in [4.78, 5) is 12.5. The molecule has 0 bridgehead atoms. The van der Waals surface area contributed by atoms with Crippen molar-refractivity contribution in [2.24, 2.45) is 0 Å². The summed E-state index contributed by atoms with van der Waals surface area (Å²) in [6.07, 6.45) is 1.63. The predicted molar refractivity (Wildman–Crippen MR) is 129 cm³/mol. The van der Waals surface area contributed by atoms with Gasteiger partial charge in [-0.05, 0) is 88.8 Å². The zero-order valence-electron chi connectivity index (χ0n) is 18.2. The smallest absolute Gasteiger partial charge is 0.335 e. The topological polar surface area (TPSA) is 63.6 Å². The highest BCUT2D eigenvalue weighted by molar-refractivity contribution is 7.84. The van der Waals surface area contributed by atoms with E-state index < -0.39 is 16.8 Å². The van der Waals surface area contributed by atoms with Gasteiger partial charge in [0, 0.05) is 22.0 Å². The lowest BCUT2D eigenvalue weighted by molar-refractivity contribution is 0.0697. The molecule has 32 heavy (non-hydrogen) atoms. The molecule has 1 atom stereocenters. The van der Waals surface area contributed by atoms with Gasteiger partial charge in [0.25, 0.3) is 0 Å². The molecule has 4 rings (SSSR count). The van der Waals surface area contributed by atoms with Crippen LogP contribution in [0, 0.1) is 13.8 Å². The average molecular weight is 445 g/mol. The number of benzene rings is 4. The summed E-state index contributed by atoms with van der Waals surface area (Å²) in [5.74, 6) is -0.299. The van der Waals surface area contributed by atoms with Gasteiger partial charge < -0.3 is 9.84 Å². The van der Waals surface area contributed by atoms with E-state index in [1.807, 2.05) is 48.5 Å². The minimum atomic E-state index is -1.07. The van der Waals surface area contributed by atoms with Crippen LogP contribution in [0.15, 0.2) is 77.7 Å². The monoisotopic (exact) mass is 444 g/mol. The number of carboxylic acids is 1. The molecule has 0 aromatic heterocycles. The van der Waals surface area contributed by atoms with Crippen molar-refractivity contribution in [3.63, 3.8) is 0 Å². The molecule has 0 heterocycles. The van der Waals surface area contributed by atoms with Gasteiger partial charge in [0.2, 0.25) is 0 Å². The molecule has 0 radical (unpaired) electrons. The lowest BCUT2D eigenvalue weighted by Gasteiger charge is -2.14. The van der Waals surface area contributed by atoms with Crippen LogP contribution in [0.25, 0.3) is 21.9 Å². The highest BCUT2D eigenvalue weighted by Gasteiger charge is 2.13. The van der Waals surface area contributed by atoms with Gasteiger partial charge in [-0.3, -0.25) is 4.21 Å². The van der Waals surface area contributed by atoms with Gasteiger partial charge in [-0.2, -0.15) is 0 Å². The van der Waals surface area contributed by atoms with Gasteiger partial charge in [-0.15, -0.1) is 0 Å². The van der Waals surface area contributed by atoms with Crippen LogP contribution in [0.3, 0.4) is 0 Å². The standard InChI is InChI=1S/C27H24O4S/c1-17-5-4-6-18(2)26(17)16-31-22-9-12-24-20(14-22)13-21(27(28)29)15-25(24)19-7-10-23(11-8-19)32(3)30/h4-15H,16H2,1-3H3,(H,28,29). The molecule has 0 amide bonds. The summed E-state index contributed by atoms with van der Waals surface area (Å²) >= 11 is 0. The Labute approximate surface area is 189 Å². The summed E-state index contributed by atoms with van der Waals surface area (Å²) in [7, 11) is -1.07. The second-order valence-corrected chi connectivity index (χ2v) is 9.23. The van der Waals surface area contributed by atoms with Crippen LogP contribution in [0.1, 0.15) is 27.0 Å². The summed E-state index contributed by atoms with van der Waals surface area (Å²) in [6.45, 7) is 4.58. The van der Waals surface area contributed by atoms with E-state index in [0.29, 0.717) is 12.4 Å². The minimum absolute atomic E-state index is 0.211. The molecule has 1 unspecified atom stereocenters. The van der Waals surface area contributed by atoms with Crippen molar-refractivity contribution in [3.05, 3.63) is 95.1 Å². The molecule has 0 aliphatic heterocycles. The van der Waals surface area contributed by atoms with E-state index in [-0.39, 0.29) is 5.56 Å². The number of fused-ring (bicyclic) bond motifs is 1. The number of hydrogen-bond donors (Lipinski definition) is 1. The SMILES string of the molecule is Cc1cccc(C)c1COc1ccc2c(-c3ccc(S(C)=O)cc3)cc(C(=O)O)cc2c1. The lowest BCUT2D eigenvalue weighted by Crippen LogP contribution is -2.01. The number of ether oxygens (including phenoxy) is 1. The first kappa shape index (κ1) is 21.8. The van der Waals surface area contributed by atoms with Crippen molar-refractivity contribution in [3.8, 4) is 16.9 Å². The molecule has 162 valence electrons. The molecule has 5 heteroatoms. The van der Waals surface area contributed by atoms with Gasteiger partial charge in [0.05, 0.1) is 5.56 Å². The maximum absolute atomic E-state index is 11.8. The summed E-state index contributed by atoms with van der Waals surface area (Å²) in [5, 5.41) is 11.4. The molecule has 0 saturated carbocycles. The summed E-state index contributed by atoms with van der Waals surface area (Å²) < 4.78 is 17.8. The molecule has 4 nitrogen and oxygen atoms in total. The van der Waals surface area contributed by atoms with Crippen molar-refractivity contribution in [2.75, 3.05) is 6.26 Å². The van der Waals surface area contributed by atoms with E-state index >= 15 is 0 Å². The third-order valence-electron chi connectivity index (χ3n) is 5.70. The van der Waals surface area contributed by atoms with Gasteiger partial charge in [-0.25, -0.2) is 4.79 Å². The maximum Gasteiger partial charge on any atom is 0.335 e. The zero-order chi connectivity index (χ0) is 22.8. The molecule has 0 aliphatic carbocycles. The number of aromatic carboxylic acids is 1. The number of carboxylic acid groups (broad SMARTS) is 1. The molecule has 4 aromatic rings. The number of aryl methyl sites for hydroxylation is 2. The Kier molecular flexibility index (Phi) is 6.10. The normalized spacial score (nSPS) is 12.0. The van der Waals surface area contributed by atoms with Gasteiger partial charge in [0.1, 0.15) is 12.4 Å². The highest BCUT2D eigenvalue weighted by atomic mass is 32.2. The average Bonchev–Trinajstić information content (AvgIpc) is 2.77. The van der Waals surface area contributed by atoms with Crippen molar-refractivity contribution in [1.29, 1.82) is 0 Å². The largest absolute Gasteiger partial charge is 0.489 e. The van der Waals surface area contributed by atoms with Crippen LogP contribution < -0.4 is 4.74 Å². The second kappa shape index (κ2) is 8.97. The van der Waals surface area contributed by atoms with Crippen LogP contribution >= 0.6 is 0 Å². The highest BCUT2D eigenvalue weighted by Crippen LogP contribution is 2.33. The Hall–Kier alpha value is -3.44. The molecular formula is C27H24O4S. The van der Waals surface area contributed by atoms with E-state index in [0.717, 1.165) is 32.4 Å². The minimum Gasteiger partial charge on any atom is -0.489 e. The van der Waals surface area contributed by atoms with E-state index in [2.05, 4.69) is 26.0 Å². The van der Waals surface area contributed by atoms with E-state index in [1.165, 1.54) is 11.1 Å². The van der Waals surface area contributed by atoms with Crippen LogP contribution in [0.2, 0.25) is 0 Å². The zero-order valence-corrected chi connectivity index (χ0v) is 19.0. The van der Waals surface area contributed by atoms with Crippen molar-refractivity contribution in [2.45, 2.75) is 25.3 Å². The fraction of sp³-hybridized carbons (Fsp3) is 0.148. The Morgan fingerprint density at radius 2 is 1.62 bits per heavy atom. The van der Waals surface area contributed by atoms with Gasteiger partial charge >= 0.3 is 5.97 Å². The second-order valence-electron chi connectivity index (χ2n) is 7.85. The van der Waals surface area contributed by atoms with Crippen molar-refractivity contribution >= 4 is 27.5 Å². The maximum atomic E-state index is 11.8. The summed E-state index contributed by atoms with van der Waals surface area (Å²) in [5.41, 5.74) is 5.41. The first-order valence-corrected chi connectivity index (χ1v) is 11.8. The third-order valence-corrected chi connectivity index (χ3v) is 6.63. The van der Waals surface area contributed by atoms with Gasteiger partial charge in [0.15, 0.2) is 0 Å². The molecule has 0 fully saturated rings. The molecule has 0 spiro atoms. The number of rotatable bonds is 6. The predicted octanol–water partition coefficient (Wildman–Crippen LogP) is 6.14. The van der Waals surface area contributed by atoms with E-state index in [1.54, 1.807) is 18.4 Å².